The van der Waals surface area contributed by atoms with Crippen molar-refractivity contribution < 1.29 is 31.1 Å². The van der Waals surface area contributed by atoms with E-state index in [0.717, 1.165) is 19.3 Å². The molecule has 1 fully saturated rings. The maximum absolute atomic E-state index is 12.7. The lowest BCUT2D eigenvalue weighted by Gasteiger charge is -2.25. The molecule has 0 amide bonds. The molecule has 1 N–H and O–H groups in total. The Morgan fingerprint density at radius 3 is 2.24 bits per heavy atom. The van der Waals surface area contributed by atoms with Gasteiger partial charge in [-0.3, -0.25) is 0 Å². The minimum absolute atomic E-state index is 0.0163. The van der Waals surface area contributed by atoms with E-state index in [-0.39, 0.29) is 28.5 Å². The second kappa shape index (κ2) is 10.6. The molecule has 1 saturated heterocycles. The molecule has 0 aliphatic carbocycles. The lowest BCUT2D eigenvalue weighted by Crippen LogP contribution is -2.35. The minimum Gasteiger partial charge on any atom is -0.492 e. The number of hydrogen-bond donors (Lipinski definition) is 1. The molecule has 180 valence electrons. The fourth-order valence-electron chi connectivity index (χ4n) is 3.49. The molecule has 11 heteroatoms. The highest BCUT2D eigenvalue weighted by Crippen LogP contribution is 2.23. The van der Waals surface area contributed by atoms with Gasteiger partial charge in [-0.15, -0.1) is 0 Å². The van der Waals surface area contributed by atoms with Crippen LogP contribution in [0.15, 0.2) is 52.3 Å². The summed E-state index contributed by atoms with van der Waals surface area (Å²) in [5.41, 5.74) is 0.783. The van der Waals surface area contributed by atoms with Crippen LogP contribution in [0.5, 0.6) is 5.75 Å². The fourth-order valence-corrected chi connectivity index (χ4v) is 6.04. The van der Waals surface area contributed by atoms with Crippen molar-refractivity contribution in [3.8, 4) is 5.75 Å². The topological polar surface area (TPSA) is 119 Å². The summed E-state index contributed by atoms with van der Waals surface area (Å²) < 4.78 is 64.6. The molecule has 1 heterocycles. The molecule has 0 unspecified atom stereocenters. The summed E-state index contributed by atoms with van der Waals surface area (Å²) in [5, 5.41) is 0. The van der Waals surface area contributed by atoms with E-state index < -0.39 is 26.0 Å². The smallest absolute Gasteiger partial charge is 0.338 e. The highest BCUT2D eigenvalue weighted by atomic mass is 32.2. The standard InChI is InChI=1S/C22H28N2O7S2/c1-17-6-9-20(16-21(17)22(25)30-2)32(26,27)23-12-15-31-18-7-10-19(11-8-18)33(28,29)24-13-4-3-5-14-24/h6-11,16,23H,3-5,12-15H2,1-2H3. The van der Waals surface area contributed by atoms with Crippen LogP contribution in [-0.4, -0.2) is 60.5 Å². The van der Waals surface area contributed by atoms with E-state index in [1.807, 2.05) is 0 Å². The number of carbonyl (C=O) groups is 1. The van der Waals surface area contributed by atoms with Crippen molar-refractivity contribution in [1.82, 2.24) is 9.03 Å². The molecule has 2 aromatic rings. The predicted octanol–water partition coefficient (Wildman–Crippen LogP) is 2.31. The predicted molar refractivity (Wildman–Crippen MR) is 122 cm³/mol. The molecular weight excluding hydrogens is 468 g/mol. The van der Waals surface area contributed by atoms with Crippen LogP contribution in [-0.2, 0) is 24.8 Å². The van der Waals surface area contributed by atoms with Crippen molar-refractivity contribution >= 4 is 26.0 Å². The van der Waals surface area contributed by atoms with Gasteiger partial charge in [-0.1, -0.05) is 12.5 Å². The van der Waals surface area contributed by atoms with Gasteiger partial charge in [0.15, 0.2) is 0 Å². The molecule has 2 aromatic carbocycles. The third-order valence-electron chi connectivity index (χ3n) is 5.36. The molecule has 9 nitrogen and oxygen atoms in total. The molecule has 33 heavy (non-hydrogen) atoms. The number of nitrogens with zero attached hydrogens (tertiary/aromatic N) is 1. The van der Waals surface area contributed by atoms with Gasteiger partial charge < -0.3 is 9.47 Å². The van der Waals surface area contributed by atoms with Crippen LogP contribution in [0.2, 0.25) is 0 Å². The number of rotatable bonds is 9. The highest BCUT2D eigenvalue weighted by Gasteiger charge is 2.25. The number of methoxy groups -OCH3 is 1. The zero-order valence-electron chi connectivity index (χ0n) is 18.6. The van der Waals surface area contributed by atoms with Gasteiger partial charge in [0, 0.05) is 19.6 Å². The number of ether oxygens (including phenoxy) is 2. The number of sulfonamides is 2. The van der Waals surface area contributed by atoms with Crippen LogP contribution < -0.4 is 9.46 Å². The van der Waals surface area contributed by atoms with Crippen molar-refractivity contribution in [3.05, 3.63) is 53.6 Å². The third-order valence-corrected chi connectivity index (χ3v) is 8.74. The van der Waals surface area contributed by atoms with Gasteiger partial charge >= 0.3 is 5.97 Å². The first-order chi connectivity index (χ1) is 15.6. The largest absolute Gasteiger partial charge is 0.492 e. The van der Waals surface area contributed by atoms with Gasteiger partial charge in [0.25, 0.3) is 0 Å². The molecule has 0 radical (unpaired) electrons. The quantitative estimate of drug-likeness (QED) is 0.418. The monoisotopic (exact) mass is 496 g/mol. The first-order valence-electron chi connectivity index (χ1n) is 10.6. The fraction of sp³-hybridized carbons (Fsp3) is 0.409. The maximum Gasteiger partial charge on any atom is 0.338 e. The van der Waals surface area contributed by atoms with E-state index in [0.29, 0.717) is 24.4 Å². The molecule has 0 bridgehead atoms. The van der Waals surface area contributed by atoms with Gasteiger partial charge in [0.05, 0.1) is 22.5 Å². The Bertz CT molecular complexity index is 1190. The van der Waals surface area contributed by atoms with Gasteiger partial charge in [0.1, 0.15) is 12.4 Å². The molecule has 1 aliphatic heterocycles. The summed E-state index contributed by atoms with van der Waals surface area (Å²) in [6.45, 7) is 2.77. The van der Waals surface area contributed by atoms with Crippen LogP contribution in [0.4, 0.5) is 0 Å². The molecular formula is C22H28N2O7S2. The Morgan fingerprint density at radius 2 is 1.61 bits per heavy atom. The zero-order chi connectivity index (χ0) is 24.1. The van der Waals surface area contributed by atoms with E-state index in [4.69, 9.17) is 4.74 Å². The van der Waals surface area contributed by atoms with Crippen molar-refractivity contribution in [2.24, 2.45) is 0 Å². The van der Waals surface area contributed by atoms with Crippen molar-refractivity contribution in [3.63, 3.8) is 0 Å². The number of hydrogen-bond acceptors (Lipinski definition) is 7. The lowest BCUT2D eigenvalue weighted by molar-refractivity contribution is 0.0599. The maximum atomic E-state index is 12.7. The first kappa shape index (κ1) is 25.2. The second-order valence-corrected chi connectivity index (χ2v) is 11.4. The summed E-state index contributed by atoms with van der Waals surface area (Å²) in [4.78, 5) is 12.0. The van der Waals surface area contributed by atoms with Crippen molar-refractivity contribution in [2.45, 2.75) is 36.0 Å². The average molecular weight is 497 g/mol. The van der Waals surface area contributed by atoms with E-state index in [1.54, 1.807) is 19.1 Å². The van der Waals surface area contributed by atoms with Crippen LogP contribution in [0.25, 0.3) is 0 Å². The Balaban J connectivity index is 1.56. The third kappa shape index (κ3) is 6.11. The molecule has 1 aliphatic rings. The van der Waals surface area contributed by atoms with Crippen molar-refractivity contribution in [2.75, 3.05) is 33.4 Å². The van der Waals surface area contributed by atoms with Gasteiger partial charge in [-0.2, -0.15) is 4.31 Å². The van der Waals surface area contributed by atoms with Crippen LogP contribution in [0.1, 0.15) is 35.2 Å². The Hall–Kier alpha value is -2.47. The van der Waals surface area contributed by atoms with E-state index in [2.05, 4.69) is 9.46 Å². The average Bonchev–Trinajstić information content (AvgIpc) is 2.82. The van der Waals surface area contributed by atoms with Crippen LogP contribution in [0, 0.1) is 6.92 Å². The lowest BCUT2D eigenvalue weighted by atomic mass is 10.1. The van der Waals surface area contributed by atoms with Crippen LogP contribution >= 0.6 is 0 Å². The Kier molecular flexibility index (Phi) is 8.11. The zero-order valence-corrected chi connectivity index (χ0v) is 20.2. The summed E-state index contributed by atoms with van der Waals surface area (Å²) in [7, 11) is -6.14. The Morgan fingerprint density at radius 1 is 0.970 bits per heavy atom. The van der Waals surface area contributed by atoms with Gasteiger partial charge in [-0.25, -0.2) is 26.4 Å². The molecule has 0 saturated carbocycles. The summed E-state index contributed by atoms with van der Waals surface area (Å²) >= 11 is 0. The van der Waals surface area contributed by atoms with Gasteiger partial charge in [-0.05, 0) is 61.7 Å². The summed E-state index contributed by atoms with van der Waals surface area (Å²) in [5.74, 6) is -0.186. The van der Waals surface area contributed by atoms with Gasteiger partial charge in [0.2, 0.25) is 20.0 Å². The SMILES string of the molecule is COC(=O)c1cc(S(=O)(=O)NCCOc2ccc(S(=O)(=O)N3CCCCC3)cc2)ccc1C. The van der Waals surface area contributed by atoms with Crippen molar-refractivity contribution in [1.29, 1.82) is 0 Å². The number of benzene rings is 2. The molecule has 0 atom stereocenters. The minimum atomic E-state index is -3.86. The second-order valence-electron chi connectivity index (χ2n) is 7.65. The number of aryl methyl sites for hydroxylation is 1. The normalized spacial score (nSPS) is 15.2. The number of esters is 1. The number of nitrogens with one attached hydrogen (secondary N) is 1. The number of carbonyl (C=O) groups excluding carboxylic acids is 1. The summed E-state index contributed by atoms with van der Waals surface area (Å²) in [6, 6.07) is 10.3. The Labute approximate surface area is 194 Å². The van der Waals surface area contributed by atoms with Crippen LogP contribution in [0.3, 0.4) is 0 Å². The first-order valence-corrected chi connectivity index (χ1v) is 13.5. The molecule has 0 aromatic heterocycles. The number of piperidine rings is 1. The van der Waals surface area contributed by atoms with E-state index in [1.165, 1.54) is 41.7 Å². The molecule has 3 rings (SSSR count). The van der Waals surface area contributed by atoms with E-state index >= 15 is 0 Å². The highest BCUT2D eigenvalue weighted by molar-refractivity contribution is 7.89. The molecule has 0 spiro atoms. The summed E-state index contributed by atoms with van der Waals surface area (Å²) in [6.07, 6.45) is 2.77. The van der Waals surface area contributed by atoms with E-state index in [9.17, 15) is 21.6 Å².